The summed E-state index contributed by atoms with van der Waals surface area (Å²) in [5, 5.41) is 1.41. The van der Waals surface area contributed by atoms with Gasteiger partial charge >= 0.3 is 0 Å². The smallest absolute Gasteiger partial charge is 0.149 e. The van der Waals surface area contributed by atoms with Gasteiger partial charge in [-0.2, -0.15) is 0 Å². The molecule has 2 aromatic carbocycles. The highest BCUT2D eigenvalue weighted by Crippen LogP contribution is 2.32. The topological polar surface area (TPSA) is 47.3 Å². The lowest BCUT2D eigenvalue weighted by molar-refractivity contribution is 0.600. The summed E-state index contributed by atoms with van der Waals surface area (Å²) in [6.07, 6.45) is 1.19. The predicted octanol–water partition coefficient (Wildman–Crippen LogP) is 3.91. The van der Waals surface area contributed by atoms with Crippen LogP contribution in [-0.4, -0.2) is 20.4 Å². The number of hydrogen-bond donors (Lipinski definition) is 0. The maximum atomic E-state index is 11.3. The maximum Gasteiger partial charge on any atom is 0.149 e. The lowest BCUT2D eigenvalue weighted by atomic mass is 10.1. The molecule has 0 saturated heterocycles. The molecule has 0 N–H and O–H groups in total. The minimum atomic E-state index is -3.11. The Bertz CT molecular complexity index is 880. The minimum absolute atomic E-state index is 0.0736. The molecule has 0 amide bonds. The summed E-state index contributed by atoms with van der Waals surface area (Å²) in [5.74, 6) is -0.0736. The van der Waals surface area contributed by atoms with Gasteiger partial charge in [-0.15, -0.1) is 11.6 Å². The molecule has 0 fully saturated rings. The minimum Gasteiger partial charge on any atom is -0.456 e. The molecule has 0 radical (unpaired) electrons. The van der Waals surface area contributed by atoms with Crippen LogP contribution in [0, 0.1) is 0 Å². The van der Waals surface area contributed by atoms with E-state index in [0.717, 1.165) is 27.5 Å². The van der Waals surface area contributed by atoms with Crippen molar-refractivity contribution in [1.82, 2.24) is 0 Å². The zero-order chi connectivity index (χ0) is 14.3. The van der Waals surface area contributed by atoms with Gasteiger partial charge in [-0.05, 0) is 23.8 Å². The molecule has 20 heavy (non-hydrogen) atoms. The lowest BCUT2D eigenvalue weighted by Gasteiger charge is -2.08. The van der Waals surface area contributed by atoms with Crippen molar-refractivity contribution < 1.29 is 12.8 Å². The van der Waals surface area contributed by atoms with Gasteiger partial charge in [-0.1, -0.05) is 24.3 Å². The molecule has 3 rings (SSSR count). The van der Waals surface area contributed by atoms with Crippen molar-refractivity contribution in [2.75, 3.05) is 12.0 Å². The number of benzene rings is 2. The highest BCUT2D eigenvalue weighted by Gasteiger charge is 2.16. The van der Waals surface area contributed by atoms with E-state index in [4.69, 9.17) is 16.0 Å². The summed E-state index contributed by atoms with van der Waals surface area (Å²) in [5.41, 5.74) is 2.38. The molecular weight excluding hydrogens is 296 g/mol. The number of furan rings is 1. The van der Waals surface area contributed by atoms with Gasteiger partial charge in [0.05, 0.1) is 11.1 Å². The fourth-order valence-electron chi connectivity index (χ4n) is 2.30. The highest BCUT2D eigenvalue weighted by molar-refractivity contribution is 7.90. The summed E-state index contributed by atoms with van der Waals surface area (Å²) in [7, 11) is -3.11. The van der Waals surface area contributed by atoms with Crippen LogP contribution in [0.15, 0.2) is 46.9 Å². The second kappa shape index (κ2) is 4.79. The van der Waals surface area contributed by atoms with Crippen LogP contribution in [0.25, 0.3) is 21.9 Å². The molecule has 0 saturated carbocycles. The first-order valence-corrected chi connectivity index (χ1v) is 8.67. The Balaban J connectivity index is 2.12. The summed E-state index contributed by atoms with van der Waals surface area (Å²) < 4.78 is 28.4. The number of halogens is 1. The molecule has 0 aliphatic heterocycles. The van der Waals surface area contributed by atoms with E-state index in [2.05, 4.69) is 0 Å². The van der Waals surface area contributed by atoms with Gasteiger partial charge in [0.15, 0.2) is 0 Å². The summed E-state index contributed by atoms with van der Waals surface area (Å²) in [6, 6.07) is 13.3. The van der Waals surface area contributed by atoms with Gasteiger partial charge in [0.25, 0.3) is 0 Å². The van der Waals surface area contributed by atoms with E-state index in [1.54, 1.807) is 0 Å². The molecule has 1 heterocycles. The van der Waals surface area contributed by atoms with Crippen LogP contribution >= 0.6 is 11.6 Å². The first-order chi connectivity index (χ1) is 9.44. The van der Waals surface area contributed by atoms with Crippen LogP contribution in [0.1, 0.15) is 10.9 Å². The van der Waals surface area contributed by atoms with Crippen LogP contribution in [0.2, 0.25) is 0 Å². The normalized spacial score (nSPS) is 13.9. The van der Waals surface area contributed by atoms with Gasteiger partial charge in [-0.3, -0.25) is 0 Å². The molecule has 0 aliphatic carbocycles. The van der Waals surface area contributed by atoms with Crippen molar-refractivity contribution in [2.24, 2.45) is 0 Å². The molecule has 3 nitrogen and oxygen atoms in total. The predicted molar refractivity (Wildman–Crippen MR) is 82.0 cm³/mol. The van der Waals surface area contributed by atoms with E-state index >= 15 is 0 Å². The molecule has 0 bridgehead atoms. The van der Waals surface area contributed by atoms with Crippen molar-refractivity contribution in [3.8, 4) is 0 Å². The molecule has 1 aromatic heterocycles. The number of alkyl halides is 1. The maximum absolute atomic E-state index is 11.3. The SMILES string of the molecule is CS(=O)(=O)CC(Cl)c1ccc2oc3ccccc3c2c1. The number of sulfone groups is 1. The average molecular weight is 309 g/mol. The molecule has 3 aromatic rings. The third-order valence-electron chi connectivity index (χ3n) is 3.21. The Morgan fingerprint density at radius 1 is 1.10 bits per heavy atom. The average Bonchev–Trinajstić information content (AvgIpc) is 2.74. The van der Waals surface area contributed by atoms with E-state index in [0.29, 0.717) is 0 Å². The third kappa shape index (κ3) is 2.53. The monoisotopic (exact) mass is 308 g/mol. The highest BCUT2D eigenvalue weighted by atomic mass is 35.5. The molecule has 1 atom stereocenters. The standard InChI is InChI=1S/C15H13ClO3S/c1-20(17,18)9-13(16)10-6-7-15-12(8-10)11-4-2-3-5-14(11)19-15/h2-8,13H,9H2,1H3. The summed E-state index contributed by atoms with van der Waals surface area (Å²) in [6.45, 7) is 0. The van der Waals surface area contributed by atoms with Gasteiger partial charge in [0, 0.05) is 17.0 Å². The molecule has 104 valence electrons. The van der Waals surface area contributed by atoms with Crippen LogP contribution < -0.4 is 0 Å². The quantitative estimate of drug-likeness (QED) is 0.689. The first-order valence-electron chi connectivity index (χ1n) is 6.17. The second-order valence-electron chi connectivity index (χ2n) is 4.91. The van der Waals surface area contributed by atoms with Crippen LogP contribution in [0.4, 0.5) is 0 Å². The van der Waals surface area contributed by atoms with E-state index < -0.39 is 15.2 Å². The van der Waals surface area contributed by atoms with Crippen LogP contribution in [-0.2, 0) is 9.84 Å². The number of rotatable bonds is 3. The number of para-hydroxylation sites is 1. The number of fused-ring (bicyclic) bond motifs is 3. The molecule has 5 heteroatoms. The van der Waals surface area contributed by atoms with Gasteiger partial charge < -0.3 is 4.42 Å². The van der Waals surface area contributed by atoms with Crippen molar-refractivity contribution in [1.29, 1.82) is 0 Å². The van der Waals surface area contributed by atoms with Crippen molar-refractivity contribution in [3.63, 3.8) is 0 Å². The van der Waals surface area contributed by atoms with E-state index in [-0.39, 0.29) is 5.75 Å². The first kappa shape index (κ1) is 13.5. The summed E-state index contributed by atoms with van der Waals surface area (Å²) in [4.78, 5) is 0. The Labute approximate surface area is 122 Å². The van der Waals surface area contributed by atoms with E-state index in [1.807, 2.05) is 42.5 Å². The van der Waals surface area contributed by atoms with E-state index in [1.165, 1.54) is 6.26 Å². The molecular formula is C15H13ClO3S. The van der Waals surface area contributed by atoms with E-state index in [9.17, 15) is 8.42 Å². The third-order valence-corrected chi connectivity index (χ3v) is 4.74. The zero-order valence-electron chi connectivity index (χ0n) is 10.8. The number of hydrogen-bond acceptors (Lipinski definition) is 3. The lowest BCUT2D eigenvalue weighted by Crippen LogP contribution is -2.08. The summed E-state index contributed by atoms with van der Waals surface area (Å²) >= 11 is 6.20. The van der Waals surface area contributed by atoms with Gasteiger partial charge in [-0.25, -0.2) is 8.42 Å². The van der Waals surface area contributed by atoms with Crippen LogP contribution in [0.5, 0.6) is 0 Å². The van der Waals surface area contributed by atoms with Gasteiger partial charge in [0.2, 0.25) is 0 Å². The van der Waals surface area contributed by atoms with Crippen LogP contribution in [0.3, 0.4) is 0 Å². The Hall–Kier alpha value is -1.52. The molecule has 1 unspecified atom stereocenters. The van der Waals surface area contributed by atoms with Crippen molar-refractivity contribution >= 4 is 43.4 Å². The Morgan fingerprint density at radius 2 is 1.80 bits per heavy atom. The van der Waals surface area contributed by atoms with Crippen molar-refractivity contribution in [2.45, 2.75) is 5.38 Å². The fraction of sp³-hybridized carbons (Fsp3) is 0.200. The van der Waals surface area contributed by atoms with Gasteiger partial charge in [0.1, 0.15) is 21.0 Å². The Morgan fingerprint density at radius 3 is 2.55 bits per heavy atom. The molecule has 0 aliphatic rings. The molecule has 0 spiro atoms. The fourth-order valence-corrected chi connectivity index (χ4v) is 3.85. The second-order valence-corrected chi connectivity index (χ2v) is 7.63. The largest absolute Gasteiger partial charge is 0.456 e. The zero-order valence-corrected chi connectivity index (χ0v) is 12.4. The Kier molecular flexibility index (Phi) is 3.22. The van der Waals surface area contributed by atoms with Crippen molar-refractivity contribution in [3.05, 3.63) is 48.0 Å².